The first-order valence-corrected chi connectivity index (χ1v) is 10.0. The standard InChI is InChI=1S/C23H29FN2O3/c1-17-4-3-5-18(2)22(17)29-15-12-25-21(27)16-26-23(10-13-28-14-11-23)19-6-8-20(24)9-7-19/h3-9,26H,10-16H2,1-2H3,(H,25,27). The van der Waals surface area contributed by atoms with Crippen molar-refractivity contribution in [3.63, 3.8) is 0 Å². The Bertz CT molecular complexity index is 797. The Morgan fingerprint density at radius 1 is 1.10 bits per heavy atom. The Kier molecular flexibility index (Phi) is 7.23. The minimum absolute atomic E-state index is 0.0944. The molecule has 156 valence electrons. The fourth-order valence-corrected chi connectivity index (χ4v) is 3.74. The zero-order chi connectivity index (χ0) is 20.7. The van der Waals surface area contributed by atoms with Crippen molar-refractivity contribution >= 4 is 5.91 Å². The fourth-order valence-electron chi connectivity index (χ4n) is 3.74. The van der Waals surface area contributed by atoms with Crippen LogP contribution >= 0.6 is 0 Å². The van der Waals surface area contributed by atoms with Crippen LogP contribution in [0.25, 0.3) is 0 Å². The van der Waals surface area contributed by atoms with Crippen LogP contribution in [0.1, 0.15) is 29.5 Å². The Hall–Kier alpha value is -2.44. The van der Waals surface area contributed by atoms with Crippen LogP contribution in [0, 0.1) is 19.7 Å². The molecule has 2 aromatic rings. The number of amides is 1. The number of carbonyl (C=O) groups is 1. The molecular weight excluding hydrogens is 371 g/mol. The van der Waals surface area contributed by atoms with Crippen molar-refractivity contribution in [3.05, 3.63) is 65.0 Å². The van der Waals surface area contributed by atoms with E-state index in [0.29, 0.717) is 26.4 Å². The van der Waals surface area contributed by atoms with Crippen LogP contribution < -0.4 is 15.4 Å². The van der Waals surface area contributed by atoms with Crippen LogP contribution in [0.15, 0.2) is 42.5 Å². The second-order valence-corrected chi connectivity index (χ2v) is 7.47. The first-order valence-electron chi connectivity index (χ1n) is 10.0. The lowest BCUT2D eigenvalue weighted by Crippen LogP contribution is -2.50. The van der Waals surface area contributed by atoms with E-state index in [9.17, 15) is 9.18 Å². The number of hydrogen-bond donors (Lipinski definition) is 2. The minimum atomic E-state index is -0.377. The lowest BCUT2D eigenvalue weighted by Gasteiger charge is -2.38. The second-order valence-electron chi connectivity index (χ2n) is 7.47. The number of carbonyl (C=O) groups excluding carboxylic acids is 1. The SMILES string of the molecule is Cc1cccc(C)c1OCCNC(=O)CNC1(c2ccc(F)cc2)CCOCC1. The van der Waals surface area contributed by atoms with Crippen LogP contribution in [-0.2, 0) is 15.1 Å². The van der Waals surface area contributed by atoms with Gasteiger partial charge in [-0.2, -0.15) is 0 Å². The normalized spacial score (nSPS) is 15.7. The van der Waals surface area contributed by atoms with E-state index in [1.54, 1.807) is 12.1 Å². The van der Waals surface area contributed by atoms with Gasteiger partial charge in [-0.25, -0.2) is 4.39 Å². The van der Waals surface area contributed by atoms with Crippen molar-refractivity contribution in [2.24, 2.45) is 0 Å². The quantitative estimate of drug-likeness (QED) is 0.668. The number of nitrogens with one attached hydrogen (secondary N) is 2. The van der Waals surface area contributed by atoms with Crippen molar-refractivity contribution in [1.29, 1.82) is 0 Å². The minimum Gasteiger partial charge on any atom is -0.491 e. The number of benzene rings is 2. The molecule has 0 saturated carbocycles. The van der Waals surface area contributed by atoms with Gasteiger partial charge in [0.25, 0.3) is 0 Å². The van der Waals surface area contributed by atoms with Crippen LogP contribution in [0.3, 0.4) is 0 Å². The Labute approximate surface area is 171 Å². The van der Waals surface area contributed by atoms with E-state index in [2.05, 4.69) is 10.6 Å². The van der Waals surface area contributed by atoms with Crippen LogP contribution in [0.4, 0.5) is 4.39 Å². The summed E-state index contributed by atoms with van der Waals surface area (Å²) in [6, 6.07) is 12.5. The number of hydrogen-bond acceptors (Lipinski definition) is 4. The van der Waals surface area contributed by atoms with Crippen molar-refractivity contribution in [1.82, 2.24) is 10.6 Å². The summed E-state index contributed by atoms with van der Waals surface area (Å²) in [7, 11) is 0. The van der Waals surface area contributed by atoms with E-state index in [1.165, 1.54) is 12.1 Å². The molecule has 0 radical (unpaired) electrons. The summed E-state index contributed by atoms with van der Waals surface area (Å²) in [4.78, 5) is 12.3. The summed E-state index contributed by atoms with van der Waals surface area (Å²) in [6.07, 6.45) is 1.48. The van der Waals surface area contributed by atoms with E-state index in [0.717, 1.165) is 35.3 Å². The van der Waals surface area contributed by atoms with Gasteiger partial charge < -0.3 is 14.8 Å². The third-order valence-corrected chi connectivity index (χ3v) is 5.41. The third kappa shape index (κ3) is 5.55. The van der Waals surface area contributed by atoms with Gasteiger partial charge in [0.2, 0.25) is 5.91 Å². The molecule has 0 aromatic heterocycles. The van der Waals surface area contributed by atoms with Crippen LogP contribution in [0.2, 0.25) is 0 Å². The zero-order valence-corrected chi connectivity index (χ0v) is 17.1. The van der Waals surface area contributed by atoms with Gasteiger partial charge in [0.1, 0.15) is 18.2 Å². The van der Waals surface area contributed by atoms with Gasteiger partial charge in [0, 0.05) is 18.8 Å². The average molecular weight is 400 g/mol. The van der Waals surface area contributed by atoms with Crippen molar-refractivity contribution in [2.75, 3.05) is 32.9 Å². The van der Waals surface area contributed by atoms with Crippen LogP contribution in [0.5, 0.6) is 5.75 Å². The van der Waals surface area contributed by atoms with E-state index in [-0.39, 0.29) is 23.8 Å². The Balaban J connectivity index is 1.49. The molecule has 2 N–H and O–H groups in total. The molecule has 1 saturated heterocycles. The molecule has 0 unspecified atom stereocenters. The van der Waals surface area contributed by atoms with Gasteiger partial charge in [-0.1, -0.05) is 30.3 Å². The van der Waals surface area contributed by atoms with Gasteiger partial charge >= 0.3 is 0 Å². The van der Waals surface area contributed by atoms with Gasteiger partial charge in [-0.15, -0.1) is 0 Å². The van der Waals surface area contributed by atoms with Crippen molar-refractivity contribution in [2.45, 2.75) is 32.2 Å². The highest BCUT2D eigenvalue weighted by Crippen LogP contribution is 2.32. The van der Waals surface area contributed by atoms with E-state index in [4.69, 9.17) is 9.47 Å². The predicted molar refractivity (Wildman–Crippen MR) is 111 cm³/mol. The van der Waals surface area contributed by atoms with E-state index < -0.39 is 0 Å². The maximum absolute atomic E-state index is 13.3. The molecule has 2 aromatic carbocycles. The molecular formula is C23H29FN2O3. The summed E-state index contributed by atoms with van der Waals surface area (Å²) >= 11 is 0. The number of aryl methyl sites for hydroxylation is 2. The van der Waals surface area contributed by atoms with Crippen LogP contribution in [-0.4, -0.2) is 38.8 Å². The maximum Gasteiger partial charge on any atom is 0.234 e. The molecule has 1 amide bonds. The zero-order valence-electron chi connectivity index (χ0n) is 17.1. The number of ether oxygens (including phenoxy) is 2. The van der Waals surface area contributed by atoms with Gasteiger partial charge in [0.05, 0.1) is 13.1 Å². The largest absolute Gasteiger partial charge is 0.491 e. The second kappa shape index (κ2) is 9.85. The van der Waals surface area contributed by atoms with Gasteiger partial charge in [0.15, 0.2) is 0 Å². The lowest BCUT2D eigenvalue weighted by molar-refractivity contribution is -0.121. The first-order chi connectivity index (χ1) is 14.0. The molecule has 1 heterocycles. The molecule has 0 bridgehead atoms. The molecule has 1 aliphatic heterocycles. The van der Waals surface area contributed by atoms with Crippen molar-refractivity contribution in [3.8, 4) is 5.75 Å². The number of para-hydroxylation sites is 1. The number of rotatable bonds is 8. The van der Waals surface area contributed by atoms with E-state index in [1.807, 2.05) is 32.0 Å². The molecule has 5 nitrogen and oxygen atoms in total. The Morgan fingerprint density at radius 3 is 2.41 bits per heavy atom. The monoisotopic (exact) mass is 400 g/mol. The van der Waals surface area contributed by atoms with Gasteiger partial charge in [-0.3, -0.25) is 10.1 Å². The summed E-state index contributed by atoms with van der Waals surface area (Å²) < 4.78 is 24.6. The van der Waals surface area contributed by atoms with Gasteiger partial charge in [-0.05, 0) is 55.5 Å². The van der Waals surface area contributed by atoms with E-state index >= 15 is 0 Å². The maximum atomic E-state index is 13.3. The molecule has 0 spiro atoms. The average Bonchev–Trinajstić information content (AvgIpc) is 2.72. The highest BCUT2D eigenvalue weighted by Gasteiger charge is 2.34. The first kappa shape index (κ1) is 21.3. The highest BCUT2D eigenvalue weighted by molar-refractivity contribution is 5.78. The summed E-state index contributed by atoms with van der Waals surface area (Å²) in [6.45, 7) is 6.25. The molecule has 29 heavy (non-hydrogen) atoms. The fraction of sp³-hybridized carbons (Fsp3) is 0.435. The third-order valence-electron chi connectivity index (χ3n) is 5.41. The predicted octanol–water partition coefficient (Wildman–Crippen LogP) is 3.23. The molecule has 0 aliphatic carbocycles. The molecule has 1 aliphatic rings. The van der Waals surface area contributed by atoms with Crippen molar-refractivity contribution < 1.29 is 18.7 Å². The Morgan fingerprint density at radius 2 is 1.76 bits per heavy atom. The molecule has 1 fully saturated rings. The highest BCUT2D eigenvalue weighted by atomic mass is 19.1. The molecule has 0 atom stereocenters. The molecule has 3 rings (SSSR count). The lowest BCUT2D eigenvalue weighted by atomic mass is 9.82. The topological polar surface area (TPSA) is 59.6 Å². The summed E-state index contributed by atoms with van der Waals surface area (Å²) in [5, 5.41) is 6.28. The summed E-state index contributed by atoms with van der Waals surface area (Å²) in [5.74, 6) is 0.512. The number of halogens is 1. The molecule has 6 heteroatoms. The smallest absolute Gasteiger partial charge is 0.234 e. The summed E-state index contributed by atoms with van der Waals surface area (Å²) in [5.41, 5.74) is 2.77.